The highest BCUT2D eigenvalue weighted by Gasteiger charge is 2.61. The largest absolute Gasteiger partial charge is 0.456 e. The molecule has 0 atom stereocenters. The fourth-order valence-corrected chi connectivity index (χ4v) is 12.8. The minimum atomic E-state index is 0.104. The first-order valence-corrected chi connectivity index (χ1v) is 19.8. The van der Waals surface area contributed by atoms with Crippen LogP contribution < -0.4 is 0 Å². The van der Waals surface area contributed by atoms with E-state index in [0.29, 0.717) is 0 Å². The van der Waals surface area contributed by atoms with Gasteiger partial charge in [0, 0.05) is 16.2 Å². The summed E-state index contributed by atoms with van der Waals surface area (Å²) < 4.78 is 6.28. The molecule has 0 amide bonds. The highest BCUT2D eigenvalue weighted by molar-refractivity contribution is 6.25. The van der Waals surface area contributed by atoms with Crippen molar-refractivity contribution in [1.82, 2.24) is 0 Å². The quantitative estimate of drug-likeness (QED) is 0.166. The number of para-hydroxylation sites is 1. The Balaban J connectivity index is 1.14. The van der Waals surface area contributed by atoms with Crippen molar-refractivity contribution in [3.63, 3.8) is 0 Å². The lowest BCUT2D eigenvalue weighted by Gasteiger charge is -2.61. The molecular weight excluding hydrogens is 641 g/mol. The molecule has 252 valence electrons. The van der Waals surface area contributed by atoms with Gasteiger partial charge in [-0.25, -0.2) is 0 Å². The van der Waals surface area contributed by atoms with Crippen molar-refractivity contribution in [3.8, 4) is 33.4 Å². The molecule has 0 N–H and O–H groups in total. The molecule has 4 saturated carbocycles. The van der Waals surface area contributed by atoms with Crippen LogP contribution in [0.1, 0.15) is 43.2 Å². The first-order chi connectivity index (χ1) is 26.3. The van der Waals surface area contributed by atoms with Crippen LogP contribution in [0.15, 0.2) is 150 Å². The van der Waals surface area contributed by atoms with Crippen LogP contribution in [-0.2, 0) is 5.41 Å². The zero-order chi connectivity index (χ0) is 34.4. The van der Waals surface area contributed by atoms with Gasteiger partial charge < -0.3 is 4.42 Å². The Bertz CT molecular complexity index is 2940. The zero-order valence-electron chi connectivity index (χ0n) is 29.6. The highest BCUT2D eigenvalue weighted by Crippen LogP contribution is 2.70. The molecule has 0 saturated heterocycles. The second kappa shape index (κ2) is 10.3. The van der Waals surface area contributed by atoms with Crippen molar-refractivity contribution in [3.05, 3.63) is 157 Å². The normalized spacial score (nSPS) is 23.9. The van der Waals surface area contributed by atoms with Crippen LogP contribution in [0, 0.1) is 23.7 Å². The average Bonchev–Trinajstić information content (AvgIpc) is 3.72. The smallest absolute Gasteiger partial charge is 0.135 e. The lowest BCUT2D eigenvalue weighted by atomic mass is 9.43. The fraction of sp³-hybridized carbons (Fsp3) is 0.192. The Labute approximate surface area is 308 Å². The molecule has 1 spiro atoms. The standard InChI is InChI=1S/C52H38O/c1-2-13-37-35(11-1)44(29-46-51(37)42-18-7-9-19-45(42)52(46)33-24-30-23-31(26-33)27-34(52)25-30)50-40-16-5-3-14-38(40)49(39-15-4-6-17-41(39)50)32-21-22-48-43(28-32)36-12-8-10-20-47(36)53-48/h1-22,28-31,33-34H,23-27H2. The monoisotopic (exact) mass is 678 g/mol. The van der Waals surface area contributed by atoms with E-state index in [1.54, 1.807) is 11.1 Å². The third kappa shape index (κ3) is 3.63. The highest BCUT2D eigenvalue weighted by atomic mass is 16.3. The molecule has 0 unspecified atom stereocenters. The molecule has 1 aromatic heterocycles. The van der Waals surface area contributed by atoms with Crippen LogP contribution in [0.2, 0.25) is 0 Å². The molecule has 14 rings (SSSR count). The van der Waals surface area contributed by atoms with E-state index in [2.05, 4.69) is 146 Å². The Hall–Kier alpha value is -5.66. The van der Waals surface area contributed by atoms with E-state index in [0.717, 1.165) is 34.8 Å². The molecular formula is C52H38O. The average molecular weight is 679 g/mol. The van der Waals surface area contributed by atoms with E-state index in [4.69, 9.17) is 4.42 Å². The predicted molar refractivity (Wildman–Crippen MR) is 220 cm³/mol. The topological polar surface area (TPSA) is 13.1 Å². The Morgan fingerprint density at radius 1 is 0.377 bits per heavy atom. The van der Waals surface area contributed by atoms with Gasteiger partial charge in [-0.2, -0.15) is 0 Å². The second-order valence-corrected chi connectivity index (χ2v) is 16.8. The van der Waals surface area contributed by atoms with E-state index in [1.165, 1.54) is 109 Å². The second-order valence-electron chi connectivity index (χ2n) is 16.8. The van der Waals surface area contributed by atoms with Gasteiger partial charge in [0.2, 0.25) is 0 Å². The van der Waals surface area contributed by atoms with Gasteiger partial charge in [-0.1, -0.05) is 121 Å². The molecule has 5 aliphatic carbocycles. The number of hydrogen-bond donors (Lipinski definition) is 0. The molecule has 1 heteroatoms. The number of rotatable bonds is 2. The molecule has 53 heavy (non-hydrogen) atoms. The third-order valence-corrected chi connectivity index (χ3v) is 14.4. The maximum absolute atomic E-state index is 6.28. The molecule has 4 fully saturated rings. The maximum Gasteiger partial charge on any atom is 0.135 e. The summed E-state index contributed by atoms with van der Waals surface area (Å²) in [4.78, 5) is 0. The van der Waals surface area contributed by atoms with E-state index < -0.39 is 0 Å². The van der Waals surface area contributed by atoms with Crippen LogP contribution >= 0.6 is 0 Å². The fourth-order valence-electron chi connectivity index (χ4n) is 12.8. The summed E-state index contributed by atoms with van der Waals surface area (Å²) >= 11 is 0. The molecule has 1 heterocycles. The van der Waals surface area contributed by atoms with E-state index in [-0.39, 0.29) is 5.41 Å². The maximum atomic E-state index is 6.28. The zero-order valence-corrected chi connectivity index (χ0v) is 29.6. The van der Waals surface area contributed by atoms with Crippen molar-refractivity contribution in [1.29, 1.82) is 0 Å². The predicted octanol–water partition coefficient (Wildman–Crippen LogP) is 14.1. The van der Waals surface area contributed by atoms with Gasteiger partial charge in [0.1, 0.15) is 11.2 Å². The van der Waals surface area contributed by atoms with Crippen LogP contribution in [-0.4, -0.2) is 0 Å². The van der Waals surface area contributed by atoms with Gasteiger partial charge in [-0.05, 0) is 157 Å². The molecule has 0 aliphatic heterocycles. The molecule has 1 nitrogen and oxygen atoms in total. The van der Waals surface area contributed by atoms with Gasteiger partial charge in [-0.15, -0.1) is 0 Å². The summed E-state index contributed by atoms with van der Waals surface area (Å²) in [5, 5.41) is 10.3. The lowest BCUT2D eigenvalue weighted by molar-refractivity contribution is -0.0399. The van der Waals surface area contributed by atoms with Crippen LogP contribution in [0.3, 0.4) is 0 Å². The van der Waals surface area contributed by atoms with Crippen LogP contribution in [0.5, 0.6) is 0 Å². The van der Waals surface area contributed by atoms with Crippen molar-refractivity contribution in [2.75, 3.05) is 0 Å². The first kappa shape index (κ1) is 28.9. The SMILES string of the molecule is c1ccc2c(c1)-c1c(cc(-c3c4ccccc4c(-c4ccc5oc6ccccc6c5c4)c4ccccc34)c3ccccc13)C21C2CC3CC(C2)CC1C3. The summed E-state index contributed by atoms with van der Waals surface area (Å²) in [6.45, 7) is 0. The first-order valence-electron chi connectivity index (χ1n) is 19.8. The summed E-state index contributed by atoms with van der Waals surface area (Å²) in [5.41, 5.74) is 13.5. The molecule has 9 aromatic rings. The van der Waals surface area contributed by atoms with Gasteiger partial charge in [-0.3, -0.25) is 0 Å². The van der Waals surface area contributed by atoms with Gasteiger partial charge in [0.25, 0.3) is 0 Å². The number of hydrogen-bond acceptors (Lipinski definition) is 1. The Morgan fingerprint density at radius 3 is 1.58 bits per heavy atom. The molecule has 5 aliphatic rings. The molecule has 8 aromatic carbocycles. The minimum absolute atomic E-state index is 0.104. The Kier molecular flexibility index (Phi) is 5.59. The van der Waals surface area contributed by atoms with Crippen LogP contribution in [0.25, 0.3) is 87.6 Å². The van der Waals surface area contributed by atoms with E-state index in [1.807, 2.05) is 0 Å². The van der Waals surface area contributed by atoms with Crippen molar-refractivity contribution in [2.24, 2.45) is 23.7 Å². The summed E-state index contributed by atoms with van der Waals surface area (Å²) in [6, 6.07) is 55.2. The van der Waals surface area contributed by atoms with Gasteiger partial charge in [0.05, 0.1) is 0 Å². The van der Waals surface area contributed by atoms with E-state index in [9.17, 15) is 0 Å². The van der Waals surface area contributed by atoms with Crippen molar-refractivity contribution < 1.29 is 4.42 Å². The summed E-state index contributed by atoms with van der Waals surface area (Å²) in [6.07, 6.45) is 7.02. The molecule has 4 bridgehead atoms. The molecule has 0 radical (unpaired) electrons. The summed E-state index contributed by atoms with van der Waals surface area (Å²) in [5.74, 6) is 3.28. The van der Waals surface area contributed by atoms with Gasteiger partial charge >= 0.3 is 0 Å². The van der Waals surface area contributed by atoms with Crippen molar-refractivity contribution in [2.45, 2.75) is 37.5 Å². The Morgan fingerprint density at radius 2 is 0.906 bits per heavy atom. The number of furan rings is 1. The van der Waals surface area contributed by atoms with Crippen LogP contribution in [0.4, 0.5) is 0 Å². The number of fused-ring (bicyclic) bond motifs is 10. The van der Waals surface area contributed by atoms with E-state index >= 15 is 0 Å². The van der Waals surface area contributed by atoms with Crippen molar-refractivity contribution >= 4 is 54.3 Å². The summed E-state index contributed by atoms with van der Waals surface area (Å²) in [7, 11) is 0. The minimum Gasteiger partial charge on any atom is -0.456 e. The third-order valence-electron chi connectivity index (χ3n) is 14.4. The lowest BCUT2D eigenvalue weighted by Crippen LogP contribution is -2.55. The number of benzene rings is 8. The van der Waals surface area contributed by atoms with Gasteiger partial charge in [0.15, 0.2) is 0 Å².